The van der Waals surface area contributed by atoms with Crippen LogP contribution in [0.2, 0.25) is 0 Å². The molecule has 0 atom stereocenters. The predicted octanol–water partition coefficient (Wildman–Crippen LogP) is 1.29. The minimum Gasteiger partial charge on any atom is -0.384 e. The van der Waals surface area contributed by atoms with Crippen molar-refractivity contribution in [3.8, 4) is 0 Å². The zero-order valence-electron chi connectivity index (χ0n) is 11.8. The van der Waals surface area contributed by atoms with Crippen molar-refractivity contribution in [2.45, 2.75) is 24.8 Å². The van der Waals surface area contributed by atoms with Gasteiger partial charge in [0.1, 0.15) is 5.82 Å². The molecule has 7 nitrogen and oxygen atoms in total. The van der Waals surface area contributed by atoms with Gasteiger partial charge in [0, 0.05) is 24.3 Å². The number of aromatic amines is 1. The number of nitrogen functional groups attached to an aromatic ring is 1. The lowest BCUT2D eigenvalue weighted by Gasteiger charge is -2.08. The van der Waals surface area contributed by atoms with Crippen LogP contribution in [0.3, 0.4) is 0 Å². The average Bonchev–Trinajstić information content (AvgIpc) is 2.89. The summed E-state index contributed by atoms with van der Waals surface area (Å²) in [5, 5.41) is 9.64. The number of nitrogens with one attached hydrogen (secondary N) is 3. The Bertz CT molecular complexity index is 679. The predicted molar refractivity (Wildman–Crippen MR) is 82.2 cm³/mol. The van der Waals surface area contributed by atoms with Gasteiger partial charge in [0.25, 0.3) is 0 Å². The van der Waals surface area contributed by atoms with Crippen LogP contribution in [0.4, 0.5) is 11.5 Å². The Kier molecular flexibility index (Phi) is 4.81. The Balaban J connectivity index is 2.00. The second-order valence-electron chi connectivity index (χ2n) is 4.58. The molecule has 0 spiro atoms. The van der Waals surface area contributed by atoms with Gasteiger partial charge >= 0.3 is 0 Å². The maximum Gasteiger partial charge on any atom is 0.240 e. The highest BCUT2D eigenvalue weighted by atomic mass is 32.2. The SMILES string of the molecule is CCCNS(=O)(=O)c1ccc(NCc2cn[nH]c2N)cc1. The zero-order valence-corrected chi connectivity index (χ0v) is 12.6. The van der Waals surface area contributed by atoms with Crippen molar-refractivity contribution < 1.29 is 8.42 Å². The third-order valence-electron chi connectivity index (χ3n) is 2.94. The van der Waals surface area contributed by atoms with Gasteiger partial charge < -0.3 is 11.1 Å². The second kappa shape index (κ2) is 6.59. The van der Waals surface area contributed by atoms with Gasteiger partial charge in [0.2, 0.25) is 10.0 Å². The standard InChI is InChI=1S/C13H19N5O2S/c1-2-7-17-21(19,20)12-5-3-11(4-6-12)15-8-10-9-16-18-13(10)14/h3-6,9,15,17H,2,7-8H2,1H3,(H3,14,16,18). The number of sulfonamides is 1. The Labute approximate surface area is 124 Å². The minimum atomic E-state index is -3.42. The van der Waals surface area contributed by atoms with Crippen molar-refractivity contribution in [1.82, 2.24) is 14.9 Å². The van der Waals surface area contributed by atoms with Crippen molar-refractivity contribution >= 4 is 21.5 Å². The molecule has 0 unspecified atom stereocenters. The molecule has 0 aliphatic rings. The molecule has 2 rings (SSSR count). The first-order chi connectivity index (χ1) is 10.0. The Morgan fingerprint density at radius 1 is 1.29 bits per heavy atom. The number of rotatable bonds is 7. The van der Waals surface area contributed by atoms with Crippen LogP contribution in [0.1, 0.15) is 18.9 Å². The molecule has 114 valence electrons. The lowest BCUT2D eigenvalue weighted by molar-refractivity contribution is 0.581. The van der Waals surface area contributed by atoms with Crippen LogP contribution in [0.25, 0.3) is 0 Å². The number of anilines is 2. The highest BCUT2D eigenvalue weighted by molar-refractivity contribution is 7.89. The molecule has 5 N–H and O–H groups in total. The van der Waals surface area contributed by atoms with Crippen LogP contribution in [0.5, 0.6) is 0 Å². The molecule has 1 heterocycles. The fourth-order valence-corrected chi connectivity index (χ4v) is 2.86. The van der Waals surface area contributed by atoms with Crippen LogP contribution in [0, 0.1) is 0 Å². The normalized spacial score (nSPS) is 11.5. The number of aromatic nitrogens is 2. The van der Waals surface area contributed by atoms with Gasteiger partial charge in [-0.3, -0.25) is 5.10 Å². The summed E-state index contributed by atoms with van der Waals surface area (Å²) in [6, 6.07) is 6.58. The molecule has 0 amide bonds. The van der Waals surface area contributed by atoms with Gasteiger partial charge in [-0.25, -0.2) is 13.1 Å². The number of benzene rings is 1. The summed E-state index contributed by atoms with van der Waals surface area (Å²) in [4.78, 5) is 0.254. The van der Waals surface area contributed by atoms with Crippen LogP contribution in [-0.4, -0.2) is 25.2 Å². The number of hydrogen-bond donors (Lipinski definition) is 4. The van der Waals surface area contributed by atoms with E-state index in [1.807, 2.05) is 6.92 Å². The highest BCUT2D eigenvalue weighted by Crippen LogP contribution is 2.15. The molecule has 0 fully saturated rings. The van der Waals surface area contributed by atoms with Gasteiger partial charge in [0.05, 0.1) is 11.1 Å². The topological polar surface area (TPSA) is 113 Å². The van der Waals surface area contributed by atoms with Crippen molar-refractivity contribution in [1.29, 1.82) is 0 Å². The summed E-state index contributed by atoms with van der Waals surface area (Å²) < 4.78 is 26.4. The van der Waals surface area contributed by atoms with Crippen molar-refractivity contribution in [2.24, 2.45) is 0 Å². The molecule has 8 heteroatoms. The number of nitrogens with zero attached hydrogens (tertiary/aromatic N) is 1. The molecule has 0 aliphatic heterocycles. The summed E-state index contributed by atoms with van der Waals surface area (Å²) in [7, 11) is -3.42. The smallest absolute Gasteiger partial charge is 0.240 e. The van der Waals surface area contributed by atoms with E-state index in [9.17, 15) is 8.42 Å². The van der Waals surface area contributed by atoms with Crippen molar-refractivity contribution in [3.63, 3.8) is 0 Å². The van der Waals surface area contributed by atoms with E-state index < -0.39 is 10.0 Å². The Morgan fingerprint density at radius 3 is 2.57 bits per heavy atom. The van der Waals surface area contributed by atoms with E-state index in [1.165, 1.54) is 0 Å². The van der Waals surface area contributed by atoms with Crippen LogP contribution >= 0.6 is 0 Å². The monoisotopic (exact) mass is 309 g/mol. The van der Waals surface area contributed by atoms with E-state index >= 15 is 0 Å². The Hall–Kier alpha value is -2.06. The first-order valence-electron chi connectivity index (χ1n) is 6.64. The lowest BCUT2D eigenvalue weighted by atomic mass is 10.3. The van der Waals surface area contributed by atoms with Gasteiger partial charge in [-0.15, -0.1) is 0 Å². The number of hydrogen-bond acceptors (Lipinski definition) is 5. The van der Waals surface area contributed by atoms with Gasteiger partial charge in [-0.2, -0.15) is 5.10 Å². The maximum atomic E-state index is 11.9. The largest absolute Gasteiger partial charge is 0.384 e. The summed E-state index contributed by atoms with van der Waals surface area (Å²) >= 11 is 0. The van der Waals surface area contributed by atoms with Gasteiger partial charge in [-0.1, -0.05) is 6.92 Å². The first kappa shape index (κ1) is 15.3. The minimum absolute atomic E-state index is 0.254. The fraction of sp³-hybridized carbons (Fsp3) is 0.308. The molecular weight excluding hydrogens is 290 g/mol. The molecule has 2 aromatic rings. The van der Waals surface area contributed by atoms with Gasteiger partial charge in [0.15, 0.2) is 0 Å². The van der Waals surface area contributed by atoms with E-state index in [0.29, 0.717) is 18.9 Å². The maximum absolute atomic E-state index is 11.9. The van der Waals surface area contributed by atoms with E-state index in [4.69, 9.17) is 5.73 Å². The summed E-state index contributed by atoms with van der Waals surface area (Å²) in [5.74, 6) is 0.519. The van der Waals surface area contributed by atoms with E-state index in [2.05, 4.69) is 20.2 Å². The molecule has 0 saturated heterocycles. The van der Waals surface area contributed by atoms with E-state index in [0.717, 1.165) is 17.7 Å². The van der Waals surface area contributed by atoms with Crippen molar-refractivity contribution in [2.75, 3.05) is 17.6 Å². The van der Waals surface area contributed by atoms with E-state index in [1.54, 1.807) is 30.5 Å². The average molecular weight is 309 g/mol. The van der Waals surface area contributed by atoms with Crippen LogP contribution in [0.15, 0.2) is 35.4 Å². The van der Waals surface area contributed by atoms with Crippen molar-refractivity contribution in [3.05, 3.63) is 36.0 Å². The number of H-pyrrole nitrogens is 1. The zero-order chi connectivity index (χ0) is 15.3. The molecule has 0 radical (unpaired) electrons. The molecular formula is C13H19N5O2S. The molecule has 0 saturated carbocycles. The summed E-state index contributed by atoms with van der Waals surface area (Å²) in [6.45, 7) is 2.86. The first-order valence-corrected chi connectivity index (χ1v) is 8.12. The summed E-state index contributed by atoms with van der Waals surface area (Å²) in [5.41, 5.74) is 7.35. The number of nitrogens with two attached hydrogens (primary N) is 1. The lowest BCUT2D eigenvalue weighted by Crippen LogP contribution is -2.24. The third-order valence-corrected chi connectivity index (χ3v) is 4.42. The van der Waals surface area contributed by atoms with E-state index in [-0.39, 0.29) is 4.90 Å². The molecule has 1 aromatic carbocycles. The molecule has 21 heavy (non-hydrogen) atoms. The fourth-order valence-electron chi connectivity index (χ4n) is 1.73. The molecule has 0 bridgehead atoms. The van der Waals surface area contributed by atoms with Crippen LogP contribution < -0.4 is 15.8 Å². The highest BCUT2D eigenvalue weighted by Gasteiger charge is 2.12. The molecule has 1 aromatic heterocycles. The second-order valence-corrected chi connectivity index (χ2v) is 6.35. The van der Waals surface area contributed by atoms with Gasteiger partial charge in [-0.05, 0) is 30.7 Å². The molecule has 0 aliphatic carbocycles. The summed E-state index contributed by atoms with van der Waals surface area (Å²) in [6.07, 6.45) is 2.40. The third kappa shape index (κ3) is 3.96. The van der Waals surface area contributed by atoms with Crippen LogP contribution in [-0.2, 0) is 16.6 Å². The Morgan fingerprint density at radius 2 is 2.00 bits per heavy atom. The quantitative estimate of drug-likeness (QED) is 0.615.